The van der Waals surface area contributed by atoms with E-state index in [9.17, 15) is 0 Å². The van der Waals surface area contributed by atoms with E-state index in [1.54, 1.807) is 0 Å². The fourth-order valence-corrected chi connectivity index (χ4v) is 3.37. The molecule has 0 amide bonds. The highest BCUT2D eigenvalue weighted by Crippen LogP contribution is 2.46. The Hall–Kier alpha value is -0.860. The van der Waals surface area contributed by atoms with E-state index < -0.39 is 0 Å². The number of rotatable bonds is 2. The molecule has 0 spiro atoms. The van der Waals surface area contributed by atoms with E-state index in [1.165, 1.54) is 16.7 Å². The van der Waals surface area contributed by atoms with Crippen molar-refractivity contribution in [1.82, 2.24) is 0 Å². The molecule has 2 rings (SSSR count). The van der Waals surface area contributed by atoms with Gasteiger partial charge in [-0.2, -0.15) is 0 Å². The lowest BCUT2D eigenvalue weighted by Gasteiger charge is -2.31. The minimum absolute atomic E-state index is 0.0380. The Morgan fingerprint density at radius 1 is 1.16 bits per heavy atom. The second-order valence-corrected chi connectivity index (χ2v) is 7.15. The van der Waals surface area contributed by atoms with Crippen LogP contribution in [0.3, 0.4) is 0 Å². The van der Waals surface area contributed by atoms with Crippen LogP contribution in [-0.2, 0) is 4.74 Å². The minimum atomic E-state index is -0.165. The summed E-state index contributed by atoms with van der Waals surface area (Å²) in [6.45, 7) is 12.9. The van der Waals surface area contributed by atoms with E-state index in [1.807, 2.05) is 0 Å². The lowest BCUT2D eigenvalue weighted by molar-refractivity contribution is -0.0767. The number of hydrogen-bond donors (Lipinski definition) is 1. The molecular weight excluding hydrogens is 234 g/mol. The van der Waals surface area contributed by atoms with Gasteiger partial charge in [0.15, 0.2) is 0 Å². The number of aryl methyl sites for hydroxylation is 2. The van der Waals surface area contributed by atoms with Gasteiger partial charge >= 0.3 is 0 Å². The van der Waals surface area contributed by atoms with Gasteiger partial charge in [0.2, 0.25) is 0 Å². The highest BCUT2D eigenvalue weighted by molar-refractivity contribution is 5.32. The lowest BCUT2D eigenvalue weighted by Crippen LogP contribution is -2.35. The Bertz CT molecular complexity index is 476. The van der Waals surface area contributed by atoms with Crippen molar-refractivity contribution in [3.05, 3.63) is 34.9 Å². The molecule has 2 nitrogen and oxygen atoms in total. The maximum absolute atomic E-state index is 6.54. The smallest absolute Gasteiger partial charge is 0.0680 e. The molecule has 1 heterocycles. The summed E-state index contributed by atoms with van der Waals surface area (Å²) < 4.78 is 6.17. The molecule has 1 aromatic rings. The van der Waals surface area contributed by atoms with Crippen molar-refractivity contribution < 1.29 is 4.74 Å². The third kappa shape index (κ3) is 2.85. The van der Waals surface area contributed by atoms with Crippen LogP contribution in [0.1, 0.15) is 56.8 Å². The average molecular weight is 261 g/mol. The van der Waals surface area contributed by atoms with Crippen LogP contribution in [0.2, 0.25) is 0 Å². The maximum atomic E-state index is 6.54. The fraction of sp³-hybridized carbons (Fsp3) is 0.647. The van der Waals surface area contributed by atoms with E-state index >= 15 is 0 Å². The first kappa shape index (κ1) is 14.5. The van der Waals surface area contributed by atoms with Crippen LogP contribution in [-0.4, -0.2) is 11.2 Å². The quantitative estimate of drug-likeness (QED) is 0.876. The van der Waals surface area contributed by atoms with Crippen LogP contribution in [0.5, 0.6) is 0 Å². The van der Waals surface area contributed by atoms with Gasteiger partial charge in [-0.3, -0.25) is 0 Å². The predicted octanol–water partition coefficient (Wildman–Crippen LogP) is 3.90. The number of ether oxygens (including phenoxy) is 1. The third-order valence-electron chi connectivity index (χ3n) is 4.49. The van der Waals surface area contributed by atoms with Crippen molar-refractivity contribution in [3.63, 3.8) is 0 Å². The minimum Gasteiger partial charge on any atom is -0.369 e. The molecule has 106 valence electrons. The van der Waals surface area contributed by atoms with E-state index in [4.69, 9.17) is 10.5 Å². The third-order valence-corrected chi connectivity index (χ3v) is 4.49. The second-order valence-electron chi connectivity index (χ2n) is 7.15. The summed E-state index contributed by atoms with van der Waals surface area (Å²) in [5, 5.41) is 0. The van der Waals surface area contributed by atoms with Gasteiger partial charge in [-0.1, -0.05) is 18.2 Å². The molecule has 2 heteroatoms. The summed E-state index contributed by atoms with van der Waals surface area (Å²) in [6, 6.07) is 6.59. The van der Waals surface area contributed by atoms with Gasteiger partial charge < -0.3 is 10.5 Å². The van der Waals surface area contributed by atoms with Crippen molar-refractivity contribution in [2.24, 2.45) is 11.7 Å². The molecule has 0 saturated carbocycles. The fourth-order valence-electron chi connectivity index (χ4n) is 3.37. The summed E-state index contributed by atoms with van der Waals surface area (Å²) in [5.41, 5.74) is 10.1. The van der Waals surface area contributed by atoms with Crippen molar-refractivity contribution >= 4 is 0 Å². The molecule has 1 saturated heterocycles. The van der Waals surface area contributed by atoms with Crippen molar-refractivity contribution in [1.29, 1.82) is 0 Å². The molecule has 0 aromatic heterocycles. The molecule has 19 heavy (non-hydrogen) atoms. The van der Waals surface area contributed by atoms with Gasteiger partial charge in [-0.05, 0) is 64.7 Å². The molecule has 1 aromatic carbocycles. The molecule has 2 unspecified atom stereocenters. The summed E-state index contributed by atoms with van der Waals surface area (Å²) >= 11 is 0. The highest BCUT2D eigenvalue weighted by atomic mass is 16.5. The molecular formula is C17H27NO. The van der Waals surface area contributed by atoms with Crippen LogP contribution in [0.15, 0.2) is 18.2 Å². The normalized spacial score (nSPS) is 26.4. The first-order valence-electron chi connectivity index (χ1n) is 7.15. The van der Waals surface area contributed by atoms with Gasteiger partial charge in [-0.15, -0.1) is 0 Å². The Morgan fingerprint density at radius 2 is 1.79 bits per heavy atom. The first-order valence-corrected chi connectivity index (χ1v) is 7.15. The van der Waals surface area contributed by atoms with Crippen molar-refractivity contribution in [2.75, 3.05) is 0 Å². The lowest BCUT2D eigenvalue weighted by atomic mass is 9.79. The zero-order valence-corrected chi connectivity index (χ0v) is 13.1. The molecule has 0 bridgehead atoms. The van der Waals surface area contributed by atoms with Gasteiger partial charge in [0.25, 0.3) is 0 Å². The Morgan fingerprint density at radius 3 is 2.26 bits per heavy atom. The van der Waals surface area contributed by atoms with E-state index in [-0.39, 0.29) is 17.2 Å². The highest BCUT2D eigenvalue weighted by Gasteiger charge is 2.48. The van der Waals surface area contributed by atoms with E-state index in [0.717, 1.165) is 6.42 Å². The average Bonchev–Trinajstić information content (AvgIpc) is 2.49. The van der Waals surface area contributed by atoms with Gasteiger partial charge in [0, 0.05) is 12.0 Å². The molecule has 2 N–H and O–H groups in total. The zero-order chi connectivity index (χ0) is 14.4. The largest absolute Gasteiger partial charge is 0.369 e. The molecule has 2 atom stereocenters. The van der Waals surface area contributed by atoms with Crippen molar-refractivity contribution in [2.45, 2.75) is 65.2 Å². The van der Waals surface area contributed by atoms with Crippen LogP contribution < -0.4 is 5.73 Å². The molecule has 0 radical (unpaired) electrons. The van der Waals surface area contributed by atoms with E-state index in [2.05, 4.69) is 59.7 Å². The molecule has 0 aliphatic carbocycles. The predicted molar refractivity (Wildman–Crippen MR) is 80.2 cm³/mol. The summed E-state index contributed by atoms with van der Waals surface area (Å²) in [6.07, 6.45) is 1.01. The summed E-state index contributed by atoms with van der Waals surface area (Å²) in [7, 11) is 0. The van der Waals surface area contributed by atoms with Crippen LogP contribution in [0.4, 0.5) is 0 Å². The molecule has 1 fully saturated rings. The topological polar surface area (TPSA) is 35.2 Å². The summed E-state index contributed by atoms with van der Waals surface area (Å²) in [4.78, 5) is 0. The second kappa shape index (κ2) is 4.60. The number of hydrogen-bond acceptors (Lipinski definition) is 2. The van der Waals surface area contributed by atoms with Crippen LogP contribution in [0.25, 0.3) is 0 Å². The zero-order valence-electron chi connectivity index (χ0n) is 13.1. The Balaban J connectivity index is 2.28. The van der Waals surface area contributed by atoms with Crippen LogP contribution >= 0.6 is 0 Å². The SMILES string of the molecule is Cc1ccc(C(N)C2CC(C)(C)OC2(C)C)cc1C. The van der Waals surface area contributed by atoms with Crippen LogP contribution in [0, 0.1) is 19.8 Å². The number of nitrogens with two attached hydrogens (primary N) is 1. The first-order chi connectivity index (χ1) is 8.62. The van der Waals surface area contributed by atoms with Gasteiger partial charge in [-0.25, -0.2) is 0 Å². The number of benzene rings is 1. The maximum Gasteiger partial charge on any atom is 0.0680 e. The molecule has 1 aliphatic rings. The monoisotopic (exact) mass is 261 g/mol. The standard InChI is InChI=1S/C17H27NO/c1-11-7-8-13(9-12(11)2)15(18)14-10-16(3,4)19-17(14,5)6/h7-9,14-15H,10,18H2,1-6H3. The van der Waals surface area contributed by atoms with E-state index in [0.29, 0.717) is 5.92 Å². The Labute approximate surface area is 117 Å². The van der Waals surface area contributed by atoms with Crippen molar-refractivity contribution in [3.8, 4) is 0 Å². The van der Waals surface area contributed by atoms with Gasteiger partial charge in [0.1, 0.15) is 0 Å². The molecule has 1 aliphatic heterocycles. The Kier molecular flexibility index (Phi) is 3.53. The summed E-state index contributed by atoms with van der Waals surface area (Å²) in [5.74, 6) is 0.351. The van der Waals surface area contributed by atoms with Gasteiger partial charge in [0.05, 0.1) is 11.2 Å².